The van der Waals surface area contributed by atoms with Crippen molar-refractivity contribution in [3.05, 3.63) is 59.4 Å². The van der Waals surface area contributed by atoms with Gasteiger partial charge in [0.2, 0.25) is 0 Å². The molecule has 2 nitrogen and oxygen atoms in total. The Morgan fingerprint density at radius 3 is 2.70 bits per heavy atom. The van der Waals surface area contributed by atoms with E-state index in [9.17, 15) is 9.50 Å². The van der Waals surface area contributed by atoms with Crippen molar-refractivity contribution in [3.63, 3.8) is 0 Å². The molecule has 1 aliphatic rings. The third kappa shape index (κ3) is 4.02. The molecule has 146 valence electrons. The summed E-state index contributed by atoms with van der Waals surface area (Å²) in [4.78, 5) is 1.15. The van der Waals surface area contributed by atoms with Crippen LogP contribution in [0.1, 0.15) is 56.6 Å². The molecule has 0 radical (unpaired) electrons. The van der Waals surface area contributed by atoms with Gasteiger partial charge in [0.05, 0.1) is 13.2 Å². The van der Waals surface area contributed by atoms with Crippen LogP contribution in [0.5, 0.6) is 5.75 Å². The minimum atomic E-state index is -0.572. The number of thioether (sulfide) groups is 1. The summed E-state index contributed by atoms with van der Waals surface area (Å²) >= 11 is 1.81. The average molecular weight is 389 g/mol. The Morgan fingerprint density at radius 2 is 2.04 bits per heavy atom. The van der Waals surface area contributed by atoms with Crippen molar-refractivity contribution < 1.29 is 14.2 Å². The highest BCUT2D eigenvalue weighted by Crippen LogP contribution is 2.51. The summed E-state index contributed by atoms with van der Waals surface area (Å²) in [5.41, 5.74) is 1.67. The van der Waals surface area contributed by atoms with Gasteiger partial charge in [0.1, 0.15) is 11.6 Å². The monoisotopic (exact) mass is 388 g/mol. The Balaban J connectivity index is 2.16. The number of fused-ring (bicyclic) bond motifs is 1. The van der Waals surface area contributed by atoms with Crippen LogP contribution in [0.3, 0.4) is 0 Å². The van der Waals surface area contributed by atoms with Gasteiger partial charge >= 0.3 is 0 Å². The third-order valence-corrected chi connectivity index (χ3v) is 7.35. The Morgan fingerprint density at radius 1 is 1.22 bits per heavy atom. The summed E-state index contributed by atoms with van der Waals surface area (Å²) < 4.78 is 19.5. The summed E-state index contributed by atoms with van der Waals surface area (Å²) in [6.07, 6.45) is 3.49. The van der Waals surface area contributed by atoms with Crippen LogP contribution in [0.25, 0.3) is 0 Å². The molecule has 0 fully saturated rings. The number of benzene rings is 2. The van der Waals surface area contributed by atoms with Gasteiger partial charge in [-0.05, 0) is 54.3 Å². The highest BCUT2D eigenvalue weighted by atomic mass is 32.2. The largest absolute Gasteiger partial charge is 0.497 e. The van der Waals surface area contributed by atoms with Crippen LogP contribution < -0.4 is 4.74 Å². The molecule has 4 heteroatoms. The Labute approximate surface area is 166 Å². The van der Waals surface area contributed by atoms with E-state index >= 15 is 0 Å². The number of aliphatic hydroxyl groups is 1. The zero-order valence-electron chi connectivity index (χ0n) is 16.4. The number of halogens is 1. The number of rotatable bonds is 6. The SMILES string of the molecule is CCCC[C@]1(CC)CSc2ccc(OC)cc2[C@@H](c2cccc(F)c2)[C@H]1O. The van der Waals surface area contributed by atoms with Crippen LogP contribution in [-0.4, -0.2) is 24.1 Å². The molecule has 1 N–H and O–H groups in total. The van der Waals surface area contributed by atoms with Gasteiger partial charge in [0.15, 0.2) is 0 Å². The van der Waals surface area contributed by atoms with Gasteiger partial charge in [-0.1, -0.05) is 38.8 Å². The summed E-state index contributed by atoms with van der Waals surface area (Å²) in [6.45, 7) is 4.35. The minimum absolute atomic E-state index is 0.191. The molecule has 2 aromatic rings. The van der Waals surface area contributed by atoms with E-state index in [0.717, 1.165) is 53.2 Å². The summed E-state index contributed by atoms with van der Waals surface area (Å²) in [7, 11) is 1.65. The van der Waals surface area contributed by atoms with Crippen molar-refractivity contribution in [3.8, 4) is 5.75 Å². The maximum atomic E-state index is 14.0. The minimum Gasteiger partial charge on any atom is -0.497 e. The molecule has 27 heavy (non-hydrogen) atoms. The third-order valence-electron chi connectivity index (χ3n) is 5.95. The van der Waals surface area contributed by atoms with E-state index in [-0.39, 0.29) is 17.2 Å². The lowest BCUT2D eigenvalue weighted by molar-refractivity contribution is 0.0182. The van der Waals surface area contributed by atoms with Crippen molar-refractivity contribution in [1.29, 1.82) is 0 Å². The van der Waals surface area contributed by atoms with E-state index in [1.807, 2.05) is 30.0 Å². The van der Waals surface area contributed by atoms with E-state index in [1.165, 1.54) is 6.07 Å². The van der Waals surface area contributed by atoms with Gasteiger partial charge in [0, 0.05) is 22.0 Å². The van der Waals surface area contributed by atoms with Gasteiger partial charge in [-0.3, -0.25) is 0 Å². The first-order chi connectivity index (χ1) is 13.0. The predicted molar refractivity (Wildman–Crippen MR) is 110 cm³/mol. The summed E-state index contributed by atoms with van der Waals surface area (Å²) in [5.74, 6) is 1.10. The predicted octanol–water partition coefficient (Wildman–Crippen LogP) is 6.02. The number of methoxy groups -OCH3 is 1. The van der Waals surface area contributed by atoms with Crippen molar-refractivity contribution in [2.45, 2.75) is 56.4 Å². The van der Waals surface area contributed by atoms with E-state index < -0.39 is 6.10 Å². The van der Waals surface area contributed by atoms with Gasteiger partial charge in [-0.25, -0.2) is 4.39 Å². The van der Waals surface area contributed by atoms with Crippen LogP contribution in [0.4, 0.5) is 4.39 Å². The van der Waals surface area contributed by atoms with Gasteiger partial charge in [-0.15, -0.1) is 11.8 Å². The fraction of sp³-hybridized carbons (Fsp3) is 0.478. The molecular formula is C23H29FO2S. The van der Waals surface area contributed by atoms with E-state index in [0.29, 0.717) is 0 Å². The normalized spacial score (nSPS) is 24.9. The number of aliphatic hydroxyl groups excluding tert-OH is 1. The second-order valence-electron chi connectivity index (χ2n) is 7.49. The lowest BCUT2D eigenvalue weighted by Gasteiger charge is -2.39. The topological polar surface area (TPSA) is 29.5 Å². The first kappa shape index (κ1) is 20.2. The lowest BCUT2D eigenvalue weighted by Crippen LogP contribution is -2.40. The summed E-state index contributed by atoms with van der Waals surface area (Å²) in [6, 6.07) is 12.7. The van der Waals surface area contributed by atoms with E-state index in [2.05, 4.69) is 19.9 Å². The molecular weight excluding hydrogens is 359 g/mol. The molecule has 0 bridgehead atoms. The number of hydrogen-bond acceptors (Lipinski definition) is 3. The molecule has 3 atom stereocenters. The van der Waals surface area contributed by atoms with Crippen molar-refractivity contribution >= 4 is 11.8 Å². The molecule has 0 unspecified atom stereocenters. The molecule has 2 aromatic carbocycles. The molecule has 1 aliphatic heterocycles. The number of unbranched alkanes of at least 4 members (excludes halogenated alkanes) is 1. The number of ether oxygens (including phenoxy) is 1. The van der Waals surface area contributed by atoms with Crippen molar-refractivity contribution in [1.82, 2.24) is 0 Å². The zero-order chi connectivity index (χ0) is 19.4. The van der Waals surface area contributed by atoms with Crippen LogP contribution in [-0.2, 0) is 0 Å². The van der Waals surface area contributed by atoms with Gasteiger partial charge in [-0.2, -0.15) is 0 Å². The fourth-order valence-corrected chi connectivity index (χ4v) is 5.64. The molecule has 0 saturated heterocycles. The van der Waals surface area contributed by atoms with Gasteiger partial charge in [0.25, 0.3) is 0 Å². The Hall–Kier alpha value is -1.52. The smallest absolute Gasteiger partial charge is 0.123 e. The maximum absolute atomic E-state index is 14.0. The van der Waals surface area contributed by atoms with Crippen LogP contribution in [0.2, 0.25) is 0 Å². The fourth-order valence-electron chi connectivity index (χ4n) is 4.16. The van der Waals surface area contributed by atoms with E-state index in [1.54, 1.807) is 19.2 Å². The molecule has 0 aromatic heterocycles. The van der Waals surface area contributed by atoms with Crippen LogP contribution >= 0.6 is 11.8 Å². The molecule has 0 amide bonds. The molecule has 1 heterocycles. The average Bonchev–Trinajstić information content (AvgIpc) is 2.80. The van der Waals surface area contributed by atoms with Crippen molar-refractivity contribution in [2.75, 3.05) is 12.9 Å². The standard InChI is InChI=1S/C23H29FO2S/c1-4-6-12-23(5-2)15-27-20-11-10-18(26-3)14-19(20)21(22(23)25)16-8-7-9-17(24)13-16/h7-11,13-14,21-22,25H,4-6,12,15H2,1-3H3/t21-,22-,23-/m1/s1. The van der Waals surface area contributed by atoms with Crippen LogP contribution in [0, 0.1) is 11.2 Å². The zero-order valence-corrected chi connectivity index (χ0v) is 17.2. The first-order valence-electron chi connectivity index (χ1n) is 9.79. The number of hydrogen-bond donors (Lipinski definition) is 1. The van der Waals surface area contributed by atoms with Crippen LogP contribution in [0.15, 0.2) is 47.4 Å². The molecule has 3 rings (SSSR count). The summed E-state index contributed by atoms with van der Waals surface area (Å²) in [5, 5.41) is 11.7. The maximum Gasteiger partial charge on any atom is 0.123 e. The molecule has 0 saturated carbocycles. The quantitative estimate of drug-likeness (QED) is 0.656. The Bertz CT molecular complexity index is 779. The van der Waals surface area contributed by atoms with Gasteiger partial charge < -0.3 is 9.84 Å². The Kier molecular flexibility index (Phi) is 6.48. The second-order valence-corrected chi connectivity index (χ2v) is 8.51. The van der Waals surface area contributed by atoms with Crippen molar-refractivity contribution in [2.24, 2.45) is 5.41 Å². The highest BCUT2D eigenvalue weighted by Gasteiger charge is 2.44. The molecule has 0 spiro atoms. The highest BCUT2D eigenvalue weighted by molar-refractivity contribution is 7.99. The van der Waals surface area contributed by atoms with E-state index in [4.69, 9.17) is 4.74 Å². The molecule has 0 aliphatic carbocycles. The first-order valence-corrected chi connectivity index (χ1v) is 10.8. The lowest BCUT2D eigenvalue weighted by atomic mass is 9.69. The second kappa shape index (κ2) is 8.66.